The van der Waals surface area contributed by atoms with Crippen molar-refractivity contribution >= 4 is 16.9 Å². The second kappa shape index (κ2) is 12.8. The summed E-state index contributed by atoms with van der Waals surface area (Å²) in [5.41, 5.74) is 0.639. The fourth-order valence-electron chi connectivity index (χ4n) is 5.63. The highest BCUT2D eigenvalue weighted by Crippen LogP contribution is 2.35. The molecule has 4 rings (SSSR count). The monoisotopic (exact) mass is 579 g/mol. The van der Waals surface area contributed by atoms with Crippen LogP contribution in [-0.2, 0) is 22.3 Å². The summed E-state index contributed by atoms with van der Waals surface area (Å²) in [7, 11) is -1.81. The molecule has 2 aliphatic rings. The molecule has 2 heterocycles. The maximum Gasteiger partial charge on any atom is 0.265 e. The molecule has 2 aromatic rings. The highest BCUT2D eigenvalue weighted by Gasteiger charge is 2.31. The van der Waals surface area contributed by atoms with Gasteiger partial charge in [-0.3, -0.25) is 4.79 Å². The molecule has 1 amide bonds. The summed E-state index contributed by atoms with van der Waals surface area (Å²) in [6, 6.07) is 6.37. The highest BCUT2D eigenvalue weighted by molar-refractivity contribution is 7.83. The van der Waals surface area contributed by atoms with Crippen molar-refractivity contribution in [2.75, 3.05) is 19.8 Å². The third-order valence-corrected chi connectivity index (χ3v) is 9.49. The molecule has 1 aliphatic carbocycles. The SMILES string of the molecule is Cc1c(C(=O)NCC2(O)CCOCC2)cc(-c2ccc(S(=O)NC(C)(C)C)c(C(F)F)c2)n1CC1CCCCC1. The first kappa shape index (κ1) is 30.8. The Balaban J connectivity index is 1.69. The Morgan fingerprint density at radius 3 is 2.48 bits per heavy atom. The lowest BCUT2D eigenvalue weighted by Crippen LogP contribution is -2.46. The van der Waals surface area contributed by atoms with Crippen LogP contribution in [0.25, 0.3) is 11.3 Å². The van der Waals surface area contributed by atoms with Gasteiger partial charge >= 0.3 is 0 Å². The van der Waals surface area contributed by atoms with Crippen LogP contribution in [0.2, 0.25) is 0 Å². The number of aliphatic hydroxyl groups is 1. The van der Waals surface area contributed by atoms with E-state index < -0.39 is 28.6 Å². The Hall–Kier alpha value is -2.14. The standard InChI is InChI=1S/C30H43F2N3O4S/c1-20-23(28(36)33-19-30(37)12-14-39-15-13-30)17-25(35(20)18-21-8-6-5-7-9-21)22-10-11-26(24(16-22)27(31)32)40(38)34-29(2,3)4/h10-11,16-17,21,27,34,37H,5-9,12-15,18-19H2,1-4H3,(H,33,36). The maximum absolute atomic E-state index is 14.3. The van der Waals surface area contributed by atoms with Gasteiger partial charge in [0.1, 0.15) is 11.0 Å². The number of rotatable bonds is 9. The molecule has 0 radical (unpaired) electrons. The Kier molecular flexibility index (Phi) is 9.86. The average Bonchev–Trinajstić information content (AvgIpc) is 3.22. The van der Waals surface area contributed by atoms with Crippen LogP contribution in [0, 0.1) is 12.8 Å². The van der Waals surface area contributed by atoms with Crippen molar-refractivity contribution in [2.45, 2.75) is 102 Å². The van der Waals surface area contributed by atoms with Gasteiger partial charge in [-0.15, -0.1) is 0 Å². The number of carbonyl (C=O) groups is 1. The van der Waals surface area contributed by atoms with E-state index >= 15 is 0 Å². The van der Waals surface area contributed by atoms with Crippen molar-refractivity contribution < 1.29 is 27.6 Å². The Bertz CT molecular complexity index is 1210. The van der Waals surface area contributed by atoms with Gasteiger partial charge in [0, 0.05) is 61.6 Å². The summed E-state index contributed by atoms with van der Waals surface area (Å²) in [6.07, 6.45) is 3.81. The number of hydrogen-bond acceptors (Lipinski definition) is 4. The zero-order valence-corrected chi connectivity index (χ0v) is 24.8. The van der Waals surface area contributed by atoms with Crippen molar-refractivity contribution in [2.24, 2.45) is 5.92 Å². The first-order chi connectivity index (χ1) is 18.9. The van der Waals surface area contributed by atoms with Gasteiger partial charge in [-0.05, 0) is 70.2 Å². The number of halogens is 2. The molecule has 1 aliphatic heterocycles. The summed E-state index contributed by atoms with van der Waals surface area (Å²) >= 11 is 0. The predicted octanol–water partition coefficient (Wildman–Crippen LogP) is 5.66. The number of alkyl halides is 2. The van der Waals surface area contributed by atoms with Crippen LogP contribution >= 0.6 is 0 Å². The van der Waals surface area contributed by atoms with Crippen molar-refractivity contribution in [1.82, 2.24) is 14.6 Å². The van der Waals surface area contributed by atoms with Crippen molar-refractivity contribution in [1.29, 1.82) is 0 Å². The summed E-state index contributed by atoms with van der Waals surface area (Å²) in [5.74, 6) is 0.136. The molecule has 7 nitrogen and oxygen atoms in total. The lowest BCUT2D eigenvalue weighted by atomic mass is 9.89. The number of carbonyl (C=O) groups excluding carboxylic acids is 1. The van der Waals surface area contributed by atoms with Gasteiger partial charge in [-0.1, -0.05) is 25.3 Å². The van der Waals surface area contributed by atoms with Crippen molar-refractivity contribution in [3.05, 3.63) is 41.1 Å². The number of hydrogen-bond donors (Lipinski definition) is 3. The van der Waals surface area contributed by atoms with E-state index in [1.165, 1.54) is 18.6 Å². The van der Waals surface area contributed by atoms with Crippen LogP contribution in [0.1, 0.15) is 93.8 Å². The number of benzene rings is 1. The first-order valence-electron chi connectivity index (χ1n) is 14.3. The van der Waals surface area contributed by atoms with Gasteiger partial charge in [0.05, 0.1) is 16.1 Å². The molecule has 222 valence electrons. The minimum atomic E-state index is -2.81. The van der Waals surface area contributed by atoms with Gasteiger partial charge in [-0.25, -0.2) is 17.7 Å². The van der Waals surface area contributed by atoms with E-state index in [1.54, 1.807) is 12.1 Å². The second-order valence-electron chi connectivity index (χ2n) is 12.3. The van der Waals surface area contributed by atoms with E-state index in [2.05, 4.69) is 14.6 Å². The normalized spacial score (nSPS) is 19.1. The molecule has 1 aromatic heterocycles. The van der Waals surface area contributed by atoms with E-state index in [4.69, 9.17) is 4.74 Å². The van der Waals surface area contributed by atoms with E-state index in [0.29, 0.717) is 55.3 Å². The summed E-state index contributed by atoms with van der Waals surface area (Å²) < 4.78 is 51.7. The molecule has 1 atom stereocenters. The number of ether oxygens (including phenoxy) is 1. The molecule has 1 saturated carbocycles. The minimum absolute atomic E-state index is 0.0541. The fourth-order valence-corrected chi connectivity index (χ4v) is 6.85. The molecule has 40 heavy (non-hydrogen) atoms. The predicted molar refractivity (Wildman–Crippen MR) is 153 cm³/mol. The van der Waals surface area contributed by atoms with Gasteiger partial charge in [0.15, 0.2) is 0 Å². The largest absolute Gasteiger partial charge is 0.388 e. The average molecular weight is 580 g/mol. The van der Waals surface area contributed by atoms with Crippen LogP contribution < -0.4 is 10.0 Å². The lowest BCUT2D eigenvalue weighted by Gasteiger charge is -2.32. The second-order valence-corrected chi connectivity index (χ2v) is 13.5. The van der Waals surface area contributed by atoms with E-state index in [0.717, 1.165) is 31.4 Å². The van der Waals surface area contributed by atoms with E-state index in [-0.39, 0.29) is 22.9 Å². The van der Waals surface area contributed by atoms with Crippen LogP contribution in [-0.4, -0.2) is 50.7 Å². The Morgan fingerprint density at radius 2 is 1.85 bits per heavy atom. The Morgan fingerprint density at radius 1 is 1.18 bits per heavy atom. The van der Waals surface area contributed by atoms with Gasteiger partial charge in [-0.2, -0.15) is 0 Å². The third-order valence-electron chi connectivity index (χ3n) is 7.92. The molecule has 0 bridgehead atoms. The number of amides is 1. The molecule has 1 unspecified atom stereocenters. The number of nitrogens with zero attached hydrogens (tertiary/aromatic N) is 1. The smallest absolute Gasteiger partial charge is 0.265 e. The molecular formula is C30H43F2N3O4S. The van der Waals surface area contributed by atoms with Crippen LogP contribution in [0.3, 0.4) is 0 Å². The topological polar surface area (TPSA) is 92.6 Å². The van der Waals surface area contributed by atoms with Crippen molar-refractivity contribution in [3.63, 3.8) is 0 Å². The minimum Gasteiger partial charge on any atom is -0.388 e. The molecule has 1 saturated heterocycles. The summed E-state index contributed by atoms with van der Waals surface area (Å²) in [4.78, 5) is 13.4. The molecule has 1 aromatic carbocycles. The Labute approximate surface area is 238 Å². The highest BCUT2D eigenvalue weighted by atomic mass is 32.2. The van der Waals surface area contributed by atoms with Gasteiger partial charge in [0.2, 0.25) is 0 Å². The zero-order valence-electron chi connectivity index (χ0n) is 24.0. The number of nitrogens with one attached hydrogen (secondary N) is 2. The quantitative estimate of drug-likeness (QED) is 0.357. The van der Waals surface area contributed by atoms with Crippen LogP contribution in [0.15, 0.2) is 29.2 Å². The number of aromatic nitrogens is 1. The molecular weight excluding hydrogens is 536 g/mol. The molecule has 2 fully saturated rings. The maximum atomic E-state index is 14.3. The van der Waals surface area contributed by atoms with E-state index in [9.17, 15) is 22.9 Å². The fraction of sp³-hybridized carbons (Fsp3) is 0.633. The van der Waals surface area contributed by atoms with Gasteiger partial charge in [0.25, 0.3) is 12.3 Å². The summed E-state index contributed by atoms with van der Waals surface area (Å²) in [6.45, 7) is 9.08. The van der Waals surface area contributed by atoms with Crippen LogP contribution in [0.5, 0.6) is 0 Å². The van der Waals surface area contributed by atoms with Gasteiger partial charge < -0.3 is 19.7 Å². The zero-order chi connectivity index (χ0) is 29.1. The summed E-state index contributed by atoms with van der Waals surface area (Å²) in [5, 5.41) is 13.7. The van der Waals surface area contributed by atoms with Crippen LogP contribution in [0.4, 0.5) is 8.78 Å². The first-order valence-corrected chi connectivity index (χ1v) is 15.4. The third kappa shape index (κ3) is 7.57. The molecule has 3 N–H and O–H groups in total. The molecule has 10 heteroatoms. The van der Waals surface area contributed by atoms with E-state index in [1.807, 2.05) is 27.7 Å². The lowest BCUT2D eigenvalue weighted by molar-refractivity contribution is -0.0605. The van der Waals surface area contributed by atoms with Crippen molar-refractivity contribution in [3.8, 4) is 11.3 Å². The molecule has 0 spiro atoms.